The van der Waals surface area contributed by atoms with E-state index in [1.165, 1.54) is 34.8 Å². The van der Waals surface area contributed by atoms with Gasteiger partial charge in [0.25, 0.3) is 0 Å². The number of benzene rings is 4. The SMILES string of the molecule is CC(C)(C)c1ccc(Oc2ccc(NC(=O)N3CC(c4ccc(F)cc4)=C(c4ccc(F)cc4)N3)cc2)cc1. The summed E-state index contributed by atoms with van der Waals surface area (Å²) in [7, 11) is 0. The third kappa shape index (κ3) is 6.09. The van der Waals surface area contributed by atoms with Crippen molar-refractivity contribution in [1.29, 1.82) is 0 Å². The summed E-state index contributed by atoms with van der Waals surface area (Å²) < 4.78 is 33.0. The van der Waals surface area contributed by atoms with Crippen LogP contribution in [0.4, 0.5) is 19.3 Å². The molecule has 5 nitrogen and oxygen atoms in total. The van der Waals surface area contributed by atoms with Gasteiger partial charge in [0.15, 0.2) is 0 Å². The number of hydrogen-bond acceptors (Lipinski definition) is 3. The first-order chi connectivity index (χ1) is 18.7. The van der Waals surface area contributed by atoms with E-state index in [9.17, 15) is 13.6 Å². The Hall–Kier alpha value is -4.65. The lowest BCUT2D eigenvalue weighted by Crippen LogP contribution is -2.40. The maximum absolute atomic E-state index is 13.5. The van der Waals surface area contributed by atoms with Crippen LogP contribution in [0.15, 0.2) is 97.1 Å². The van der Waals surface area contributed by atoms with Gasteiger partial charge in [0.2, 0.25) is 0 Å². The van der Waals surface area contributed by atoms with E-state index in [1.54, 1.807) is 48.5 Å². The van der Waals surface area contributed by atoms with Gasteiger partial charge in [-0.3, -0.25) is 5.43 Å². The zero-order valence-corrected chi connectivity index (χ0v) is 22.0. The van der Waals surface area contributed by atoms with Crippen LogP contribution in [-0.4, -0.2) is 17.6 Å². The molecule has 1 heterocycles. The minimum absolute atomic E-state index is 0.0671. The molecule has 5 rings (SSSR count). The highest BCUT2D eigenvalue weighted by molar-refractivity contribution is 5.98. The Morgan fingerprint density at radius 2 is 1.28 bits per heavy atom. The fourth-order valence-electron chi connectivity index (χ4n) is 4.30. The van der Waals surface area contributed by atoms with Crippen molar-refractivity contribution >= 4 is 23.0 Å². The molecule has 0 atom stereocenters. The summed E-state index contributed by atoms with van der Waals surface area (Å²) in [5, 5.41) is 4.31. The highest BCUT2D eigenvalue weighted by atomic mass is 19.1. The van der Waals surface area contributed by atoms with E-state index in [2.05, 4.69) is 43.6 Å². The molecule has 0 bridgehead atoms. The third-order valence-corrected chi connectivity index (χ3v) is 6.50. The summed E-state index contributed by atoms with van der Waals surface area (Å²) >= 11 is 0. The van der Waals surface area contributed by atoms with Crippen LogP contribution in [0.25, 0.3) is 11.3 Å². The predicted octanol–water partition coefficient (Wildman–Crippen LogP) is 7.98. The Balaban J connectivity index is 1.27. The van der Waals surface area contributed by atoms with Crippen LogP contribution in [0, 0.1) is 11.6 Å². The van der Waals surface area contributed by atoms with E-state index < -0.39 is 0 Å². The minimum atomic E-state index is -0.377. The molecular formula is C32H29F2N3O2. The molecule has 0 aromatic heterocycles. The first-order valence-corrected chi connectivity index (χ1v) is 12.6. The number of rotatable bonds is 5. The molecule has 0 unspecified atom stereocenters. The van der Waals surface area contributed by atoms with Crippen molar-refractivity contribution in [3.05, 3.63) is 125 Å². The maximum Gasteiger partial charge on any atom is 0.340 e. The molecule has 0 fully saturated rings. The van der Waals surface area contributed by atoms with Gasteiger partial charge in [-0.05, 0) is 94.9 Å². The van der Waals surface area contributed by atoms with Crippen LogP contribution in [0.5, 0.6) is 11.5 Å². The number of anilines is 1. The number of ether oxygens (including phenoxy) is 1. The second-order valence-corrected chi connectivity index (χ2v) is 10.4. The number of hydrogen-bond donors (Lipinski definition) is 2. The van der Waals surface area contributed by atoms with E-state index >= 15 is 0 Å². The van der Waals surface area contributed by atoms with Crippen molar-refractivity contribution in [2.24, 2.45) is 0 Å². The highest BCUT2D eigenvalue weighted by Gasteiger charge is 2.27. The fraction of sp³-hybridized carbons (Fsp3) is 0.156. The molecule has 2 amide bonds. The van der Waals surface area contributed by atoms with E-state index in [1.807, 2.05) is 12.1 Å². The van der Waals surface area contributed by atoms with Gasteiger partial charge in [0.05, 0.1) is 12.2 Å². The predicted molar refractivity (Wildman–Crippen MR) is 150 cm³/mol. The molecule has 2 N–H and O–H groups in total. The summed E-state index contributed by atoms with van der Waals surface area (Å²) in [5.74, 6) is 0.672. The maximum atomic E-state index is 13.5. The Morgan fingerprint density at radius 1 is 0.769 bits per heavy atom. The molecule has 0 spiro atoms. The highest BCUT2D eigenvalue weighted by Crippen LogP contribution is 2.31. The van der Waals surface area contributed by atoms with Crippen LogP contribution < -0.4 is 15.5 Å². The molecule has 39 heavy (non-hydrogen) atoms. The van der Waals surface area contributed by atoms with E-state index in [4.69, 9.17) is 4.74 Å². The van der Waals surface area contributed by atoms with E-state index in [0.717, 1.165) is 16.9 Å². The smallest absolute Gasteiger partial charge is 0.340 e. The van der Waals surface area contributed by atoms with Crippen LogP contribution >= 0.6 is 0 Å². The summed E-state index contributed by atoms with van der Waals surface area (Å²) in [6.07, 6.45) is 0. The lowest BCUT2D eigenvalue weighted by Gasteiger charge is -2.19. The molecule has 7 heteroatoms. The molecule has 0 radical (unpaired) electrons. The minimum Gasteiger partial charge on any atom is -0.457 e. The van der Waals surface area contributed by atoms with Gasteiger partial charge >= 0.3 is 6.03 Å². The Kier molecular flexibility index (Phi) is 7.07. The summed E-state index contributed by atoms with van der Waals surface area (Å²) in [4.78, 5) is 13.1. The van der Waals surface area contributed by atoms with Crippen LogP contribution in [0.1, 0.15) is 37.5 Å². The van der Waals surface area contributed by atoms with Gasteiger partial charge in [-0.2, -0.15) is 0 Å². The van der Waals surface area contributed by atoms with Gasteiger partial charge in [-0.25, -0.2) is 18.6 Å². The van der Waals surface area contributed by atoms with E-state index in [-0.39, 0.29) is 29.6 Å². The standard InChI is InChI=1S/C32H29F2N3O2/c1-32(2,3)23-8-16-27(17-9-23)39-28-18-14-26(15-19-28)35-31(38)37-20-29(21-4-10-24(33)11-5-21)30(36-37)22-6-12-25(34)13-7-22/h4-19,36H,20H2,1-3H3,(H,35,38). The number of urea groups is 1. The largest absolute Gasteiger partial charge is 0.457 e. The zero-order valence-electron chi connectivity index (χ0n) is 22.0. The molecule has 0 saturated heterocycles. The van der Waals surface area contributed by atoms with Crippen molar-refractivity contribution in [3.8, 4) is 11.5 Å². The average Bonchev–Trinajstić information content (AvgIpc) is 3.36. The van der Waals surface area contributed by atoms with Gasteiger partial charge in [0.1, 0.15) is 23.1 Å². The monoisotopic (exact) mass is 525 g/mol. The topological polar surface area (TPSA) is 53.6 Å². The van der Waals surface area contributed by atoms with Gasteiger partial charge in [0, 0.05) is 11.3 Å². The number of carbonyl (C=O) groups is 1. The van der Waals surface area contributed by atoms with Crippen molar-refractivity contribution in [3.63, 3.8) is 0 Å². The average molecular weight is 526 g/mol. The number of nitrogens with one attached hydrogen (secondary N) is 2. The van der Waals surface area contributed by atoms with Crippen LogP contribution in [-0.2, 0) is 5.41 Å². The fourth-order valence-corrected chi connectivity index (χ4v) is 4.30. The Bertz CT molecular complexity index is 1430. The van der Waals surface area contributed by atoms with Crippen molar-refractivity contribution in [1.82, 2.24) is 10.4 Å². The molecule has 0 saturated carbocycles. The zero-order chi connectivity index (χ0) is 27.6. The number of nitrogens with zero attached hydrogens (tertiary/aromatic N) is 1. The van der Waals surface area contributed by atoms with Gasteiger partial charge in [-0.1, -0.05) is 45.0 Å². The van der Waals surface area contributed by atoms with Crippen molar-refractivity contribution in [2.45, 2.75) is 26.2 Å². The number of amides is 2. The second-order valence-electron chi connectivity index (χ2n) is 10.4. The first-order valence-electron chi connectivity index (χ1n) is 12.6. The summed E-state index contributed by atoms with van der Waals surface area (Å²) in [5.41, 5.74) is 7.93. The first kappa shape index (κ1) is 26.0. The Morgan fingerprint density at radius 3 is 1.82 bits per heavy atom. The molecule has 0 aliphatic carbocycles. The lowest BCUT2D eigenvalue weighted by molar-refractivity contribution is 0.210. The Labute approximate surface area is 226 Å². The molecule has 4 aromatic carbocycles. The summed E-state index contributed by atoms with van der Waals surface area (Å²) in [6.45, 7) is 6.72. The normalized spacial score (nSPS) is 13.3. The molecular weight excluding hydrogens is 496 g/mol. The molecule has 4 aromatic rings. The van der Waals surface area contributed by atoms with Crippen LogP contribution in [0.3, 0.4) is 0 Å². The summed E-state index contributed by atoms with van der Waals surface area (Å²) in [6, 6.07) is 26.8. The second kappa shape index (κ2) is 10.6. The van der Waals surface area contributed by atoms with Crippen molar-refractivity contribution < 1.29 is 18.3 Å². The number of hydrazine groups is 1. The van der Waals surface area contributed by atoms with Crippen molar-refractivity contribution in [2.75, 3.05) is 11.9 Å². The molecule has 1 aliphatic heterocycles. The number of halogens is 2. The van der Waals surface area contributed by atoms with E-state index in [0.29, 0.717) is 22.7 Å². The molecule has 198 valence electrons. The van der Waals surface area contributed by atoms with Crippen LogP contribution in [0.2, 0.25) is 0 Å². The third-order valence-electron chi connectivity index (χ3n) is 6.50. The lowest BCUT2D eigenvalue weighted by atomic mass is 9.87. The van der Waals surface area contributed by atoms with Gasteiger partial charge < -0.3 is 10.1 Å². The number of carbonyl (C=O) groups excluding carboxylic acids is 1. The quantitative estimate of drug-likeness (QED) is 0.278. The molecule has 1 aliphatic rings. The van der Waals surface area contributed by atoms with Gasteiger partial charge in [-0.15, -0.1) is 0 Å².